The molecule has 0 spiro atoms. The summed E-state index contributed by atoms with van der Waals surface area (Å²) < 4.78 is 5.28. The Hall–Kier alpha value is -1.02. The fraction of sp³-hybridized carbons (Fsp3) is 0.600. The Morgan fingerprint density at radius 2 is 2.12 bits per heavy atom. The van der Waals surface area contributed by atoms with Crippen molar-refractivity contribution in [2.45, 2.75) is 45.1 Å². The molecule has 17 heavy (non-hydrogen) atoms. The molecule has 2 nitrogen and oxygen atoms in total. The normalized spacial score (nSPS) is 28.0. The quantitative estimate of drug-likeness (QED) is 0.849. The molecule has 2 unspecified atom stereocenters. The van der Waals surface area contributed by atoms with Crippen molar-refractivity contribution in [2.75, 3.05) is 7.11 Å². The van der Waals surface area contributed by atoms with Crippen LogP contribution in [0.4, 0.5) is 0 Å². The first-order chi connectivity index (χ1) is 7.99. The van der Waals surface area contributed by atoms with E-state index in [2.05, 4.69) is 26.8 Å². The van der Waals surface area contributed by atoms with Gasteiger partial charge in [0.25, 0.3) is 0 Å². The van der Waals surface area contributed by atoms with E-state index < -0.39 is 5.60 Å². The first-order valence-corrected chi connectivity index (χ1v) is 6.40. The molecule has 0 aromatic heterocycles. The molecular weight excluding hydrogens is 212 g/mol. The fourth-order valence-electron chi connectivity index (χ4n) is 2.80. The zero-order valence-electron chi connectivity index (χ0n) is 11.2. The molecular formula is C15H22O2. The lowest BCUT2D eigenvalue weighted by molar-refractivity contribution is -0.0286. The lowest BCUT2D eigenvalue weighted by Crippen LogP contribution is -2.36. The Balaban J connectivity index is 2.54. The first kappa shape index (κ1) is 12.4. The maximum Gasteiger partial charge on any atom is 0.119 e. The van der Waals surface area contributed by atoms with Gasteiger partial charge in [0.05, 0.1) is 12.7 Å². The second kappa shape index (κ2) is 4.34. The van der Waals surface area contributed by atoms with Crippen molar-refractivity contribution >= 4 is 0 Å². The van der Waals surface area contributed by atoms with Crippen LogP contribution < -0.4 is 4.74 Å². The van der Waals surface area contributed by atoms with E-state index in [0.29, 0.717) is 5.92 Å². The van der Waals surface area contributed by atoms with Gasteiger partial charge in [-0.15, -0.1) is 0 Å². The van der Waals surface area contributed by atoms with Crippen LogP contribution in [0.1, 0.15) is 50.7 Å². The third-order valence-corrected chi connectivity index (χ3v) is 4.17. The minimum absolute atomic E-state index is 0.238. The Labute approximate surface area is 104 Å². The summed E-state index contributed by atoms with van der Waals surface area (Å²) in [5.74, 6) is 1.62. The molecule has 1 aromatic carbocycles. The lowest BCUT2D eigenvalue weighted by Gasteiger charge is -2.40. The van der Waals surface area contributed by atoms with Gasteiger partial charge in [0.1, 0.15) is 5.75 Å². The van der Waals surface area contributed by atoms with Crippen molar-refractivity contribution in [1.82, 2.24) is 0 Å². The van der Waals surface area contributed by atoms with Gasteiger partial charge in [-0.2, -0.15) is 0 Å². The third kappa shape index (κ3) is 1.95. The standard InChI is InChI=1S/C15H22O2/c1-10(2)15(16)8-7-11(3)13-9-12(17-4)5-6-14(13)15/h5-6,9-11,16H,7-8H2,1-4H3. The summed E-state index contributed by atoms with van der Waals surface area (Å²) in [6.07, 6.45) is 1.89. The van der Waals surface area contributed by atoms with Gasteiger partial charge < -0.3 is 9.84 Å². The summed E-state index contributed by atoms with van der Waals surface area (Å²) in [5.41, 5.74) is 1.66. The van der Waals surface area contributed by atoms with Crippen molar-refractivity contribution < 1.29 is 9.84 Å². The van der Waals surface area contributed by atoms with E-state index in [1.165, 1.54) is 5.56 Å². The minimum atomic E-state index is -0.673. The van der Waals surface area contributed by atoms with Gasteiger partial charge in [0, 0.05) is 0 Å². The van der Waals surface area contributed by atoms with Gasteiger partial charge in [-0.05, 0) is 47.9 Å². The van der Waals surface area contributed by atoms with E-state index >= 15 is 0 Å². The number of fused-ring (bicyclic) bond motifs is 1. The van der Waals surface area contributed by atoms with Gasteiger partial charge in [-0.1, -0.05) is 26.8 Å². The van der Waals surface area contributed by atoms with E-state index in [1.807, 2.05) is 12.1 Å². The van der Waals surface area contributed by atoms with Crippen LogP contribution in [0.15, 0.2) is 18.2 Å². The van der Waals surface area contributed by atoms with Crippen molar-refractivity contribution in [3.05, 3.63) is 29.3 Å². The molecule has 1 aliphatic carbocycles. The molecule has 0 heterocycles. The summed E-state index contributed by atoms with van der Waals surface area (Å²) in [6, 6.07) is 6.06. The van der Waals surface area contributed by atoms with Gasteiger partial charge in [-0.3, -0.25) is 0 Å². The minimum Gasteiger partial charge on any atom is -0.497 e. The number of methoxy groups -OCH3 is 1. The highest BCUT2D eigenvalue weighted by atomic mass is 16.5. The van der Waals surface area contributed by atoms with Gasteiger partial charge in [-0.25, -0.2) is 0 Å². The van der Waals surface area contributed by atoms with Crippen molar-refractivity contribution in [3.8, 4) is 5.75 Å². The molecule has 0 bridgehead atoms. The number of hydrogen-bond donors (Lipinski definition) is 1. The SMILES string of the molecule is COc1ccc2c(c1)C(C)CCC2(O)C(C)C. The van der Waals surface area contributed by atoms with E-state index in [0.717, 1.165) is 24.2 Å². The molecule has 1 aliphatic rings. The predicted molar refractivity (Wildman–Crippen MR) is 69.4 cm³/mol. The molecule has 1 aromatic rings. The molecule has 0 fully saturated rings. The first-order valence-electron chi connectivity index (χ1n) is 6.40. The van der Waals surface area contributed by atoms with Crippen LogP contribution in [0, 0.1) is 5.92 Å². The summed E-state index contributed by atoms with van der Waals surface area (Å²) in [7, 11) is 1.68. The van der Waals surface area contributed by atoms with Crippen LogP contribution in [0.5, 0.6) is 5.75 Å². The van der Waals surface area contributed by atoms with Gasteiger partial charge >= 0.3 is 0 Å². The van der Waals surface area contributed by atoms with Crippen molar-refractivity contribution in [2.24, 2.45) is 5.92 Å². The topological polar surface area (TPSA) is 29.5 Å². The summed E-state index contributed by atoms with van der Waals surface area (Å²) >= 11 is 0. The van der Waals surface area contributed by atoms with Gasteiger partial charge in [0.2, 0.25) is 0 Å². The highest BCUT2D eigenvalue weighted by Crippen LogP contribution is 2.46. The van der Waals surface area contributed by atoms with Gasteiger partial charge in [0.15, 0.2) is 0 Å². The van der Waals surface area contributed by atoms with E-state index in [-0.39, 0.29) is 5.92 Å². The Morgan fingerprint density at radius 1 is 1.41 bits per heavy atom. The van der Waals surface area contributed by atoms with Crippen LogP contribution in [-0.2, 0) is 5.60 Å². The number of aliphatic hydroxyl groups is 1. The second-order valence-corrected chi connectivity index (χ2v) is 5.47. The number of ether oxygens (including phenoxy) is 1. The van der Waals surface area contributed by atoms with Crippen LogP contribution >= 0.6 is 0 Å². The number of rotatable bonds is 2. The summed E-state index contributed by atoms with van der Waals surface area (Å²) in [6.45, 7) is 6.40. The largest absolute Gasteiger partial charge is 0.497 e. The molecule has 2 heteroatoms. The van der Waals surface area contributed by atoms with Crippen LogP contribution in [0.25, 0.3) is 0 Å². The highest BCUT2D eigenvalue weighted by molar-refractivity contribution is 5.43. The molecule has 2 rings (SSSR count). The van der Waals surface area contributed by atoms with E-state index in [9.17, 15) is 5.11 Å². The Morgan fingerprint density at radius 3 is 2.71 bits per heavy atom. The van der Waals surface area contributed by atoms with E-state index in [4.69, 9.17) is 4.74 Å². The zero-order valence-corrected chi connectivity index (χ0v) is 11.2. The fourth-order valence-corrected chi connectivity index (χ4v) is 2.80. The van der Waals surface area contributed by atoms with Crippen molar-refractivity contribution in [1.29, 1.82) is 0 Å². The van der Waals surface area contributed by atoms with Crippen LogP contribution in [-0.4, -0.2) is 12.2 Å². The molecule has 2 atom stereocenters. The molecule has 0 saturated carbocycles. The number of hydrogen-bond acceptors (Lipinski definition) is 2. The molecule has 1 N–H and O–H groups in total. The number of benzene rings is 1. The molecule has 0 aliphatic heterocycles. The predicted octanol–water partition coefficient (Wildman–Crippen LogP) is 3.44. The zero-order chi connectivity index (χ0) is 12.6. The Kier molecular flexibility index (Phi) is 3.17. The smallest absolute Gasteiger partial charge is 0.119 e. The molecule has 0 amide bonds. The van der Waals surface area contributed by atoms with Crippen molar-refractivity contribution in [3.63, 3.8) is 0 Å². The average Bonchev–Trinajstić information content (AvgIpc) is 2.33. The average molecular weight is 234 g/mol. The monoisotopic (exact) mass is 234 g/mol. The third-order valence-electron chi connectivity index (χ3n) is 4.17. The van der Waals surface area contributed by atoms with E-state index in [1.54, 1.807) is 7.11 Å². The Bertz CT molecular complexity index is 411. The van der Waals surface area contributed by atoms with Crippen LogP contribution in [0.3, 0.4) is 0 Å². The highest BCUT2D eigenvalue weighted by Gasteiger charge is 2.39. The maximum absolute atomic E-state index is 10.8. The summed E-state index contributed by atoms with van der Waals surface area (Å²) in [4.78, 5) is 0. The summed E-state index contributed by atoms with van der Waals surface area (Å²) in [5, 5.41) is 10.8. The molecule has 94 valence electrons. The molecule has 0 radical (unpaired) electrons. The second-order valence-electron chi connectivity index (χ2n) is 5.47. The lowest BCUT2D eigenvalue weighted by atomic mass is 9.70. The molecule has 0 saturated heterocycles. The van der Waals surface area contributed by atoms with Crippen LogP contribution in [0.2, 0.25) is 0 Å². The maximum atomic E-state index is 10.8.